The molecule has 1 aliphatic rings. The van der Waals surface area contributed by atoms with E-state index in [1.807, 2.05) is 0 Å². The van der Waals surface area contributed by atoms with Crippen LogP contribution in [0.5, 0.6) is 5.75 Å². The highest BCUT2D eigenvalue weighted by Crippen LogP contribution is 2.49. The number of nitrogens with one attached hydrogen (secondary N) is 1. The maximum Gasteiger partial charge on any atom is 0.459 e. The van der Waals surface area contributed by atoms with Gasteiger partial charge in [-0.2, -0.15) is 10.1 Å². The van der Waals surface area contributed by atoms with Crippen molar-refractivity contribution in [3.8, 4) is 5.75 Å². The van der Waals surface area contributed by atoms with Gasteiger partial charge in [-0.25, -0.2) is 18.1 Å². The van der Waals surface area contributed by atoms with E-state index >= 15 is 4.39 Å². The quantitative estimate of drug-likeness (QED) is 0.273. The van der Waals surface area contributed by atoms with Crippen LogP contribution in [0.3, 0.4) is 0 Å². The fourth-order valence-electron chi connectivity index (χ4n) is 3.71. The lowest BCUT2D eigenvalue weighted by Gasteiger charge is -2.32. The number of carbonyl (C=O) groups excluding carboxylic acids is 1. The summed E-state index contributed by atoms with van der Waals surface area (Å²) in [5.41, 5.74) is 2.34. The lowest BCUT2D eigenvalue weighted by molar-refractivity contribution is -0.149. The molecule has 0 bridgehead atoms. The lowest BCUT2D eigenvalue weighted by atomic mass is 9.94. The van der Waals surface area contributed by atoms with Crippen LogP contribution >= 0.6 is 7.75 Å². The fraction of sp³-hybridized carbons (Fsp3) is 0.522. The van der Waals surface area contributed by atoms with Crippen LogP contribution in [0.1, 0.15) is 40.3 Å². The first-order valence-corrected chi connectivity index (χ1v) is 13.4. The number of halogens is 2. The Morgan fingerprint density at radius 3 is 2.61 bits per heavy atom. The Balaban J connectivity index is 1.87. The number of hydrogen-bond donors (Lipinski definition) is 3. The van der Waals surface area contributed by atoms with Gasteiger partial charge in [0.1, 0.15) is 23.5 Å². The summed E-state index contributed by atoms with van der Waals surface area (Å²) in [4.78, 5) is 27.9. The third-order valence-corrected chi connectivity index (χ3v) is 7.40. The van der Waals surface area contributed by atoms with Crippen molar-refractivity contribution >= 4 is 19.5 Å². The van der Waals surface area contributed by atoms with Gasteiger partial charge in [0.05, 0.1) is 18.9 Å². The van der Waals surface area contributed by atoms with Crippen LogP contribution in [0.2, 0.25) is 0 Å². The van der Waals surface area contributed by atoms with Crippen molar-refractivity contribution < 1.29 is 41.8 Å². The molecule has 1 unspecified atom stereocenters. The number of rotatable bonds is 11. The molecular formula is C23H31F2N4O8P. The molecule has 0 aliphatic carbocycles. The van der Waals surface area contributed by atoms with E-state index in [2.05, 4.69) is 10.1 Å². The second-order valence-corrected chi connectivity index (χ2v) is 10.7. The molecule has 1 aliphatic heterocycles. The summed E-state index contributed by atoms with van der Waals surface area (Å²) in [7, 11) is -4.39. The summed E-state index contributed by atoms with van der Waals surface area (Å²) in [6, 6.07) is 6.76. The Kier molecular flexibility index (Phi) is 9.26. The first kappa shape index (κ1) is 29.7. The van der Waals surface area contributed by atoms with E-state index in [1.165, 1.54) is 26.0 Å². The topological polar surface area (TPSA) is 164 Å². The van der Waals surface area contributed by atoms with Gasteiger partial charge >= 0.3 is 19.4 Å². The molecule has 0 saturated carbocycles. The minimum absolute atomic E-state index is 0.0823. The summed E-state index contributed by atoms with van der Waals surface area (Å²) in [5.74, 6) is -2.38. The standard InChI is InChI=1S/C23H31F2N4O8P/c1-5-23(18(30)17(25)20(36-23)29-11-16(24)19(26)27-22(29)32)12-34-38(33,37-15-9-7-6-8-10-15)28-14(4)21(31)35-13(2)3/h6-11,13-14,17-18,20,30H,5,12H2,1-4H3,(H,28,33)(H2,26,27,32)/t14-,17-,18-,20+,23+,38?/m0/s1. The summed E-state index contributed by atoms with van der Waals surface area (Å²) in [5, 5.41) is 13.2. The smallest absolute Gasteiger partial charge is 0.459 e. The van der Waals surface area contributed by atoms with Crippen LogP contribution in [0.15, 0.2) is 41.3 Å². The zero-order chi connectivity index (χ0) is 28.3. The van der Waals surface area contributed by atoms with E-state index in [1.54, 1.807) is 32.0 Å². The zero-order valence-corrected chi connectivity index (χ0v) is 22.1. The van der Waals surface area contributed by atoms with Crippen LogP contribution in [-0.4, -0.2) is 57.3 Å². The van der Waals surface area contributed by atoms with Gasteiger partial charge < -0.3 is 24.8 Å². The predicted octanol–water partition coefficient (Wildman–Crippen LogP) is 2.47. The molecule has 38 heavy (non-hydrogen) atoms. The van der Waals surface area contributed by atoms with Crippen molar-refractivity contribution in [2.75, 3.05) is 12.3 Å². The average molecular weight is 560 g/mol. The molecule has 6 atom stereocenters. The van der Waals surface area contributed by atoms with Crippen LogP contribution in [0.4, 0.5) is 14.6 Å². The van der Waals surface area contributed by atoms with Crippen molar-refractivity contribution in [3.05, 3.63) is 52.8 Å². The molecule has 210 valence electrons. The third-order valence-electron chi connectivity index (χ3n) is 5.78. The molecule has 12 nitrogen and oxygen atoms in total. The molecule has 0 spiro atoms. The highest BCUT2D eigenvalue weighted by atomic mass is 31.2. The van der Waals surface area contributed by atoms with E-state index in [0.29, 0.717) is 10.8 Å². The Morgan fingerprint density at radius 1 is 1.34 bits per heavy atom. The van der Waals surface area contributed by atoms with E-state index < -0.39 is 73.9 Å². The van der Waals surface area contributed by atoms with Crippen LogP contribution < -0.4 is 21.0 Å². The van der Waals surface area contributed by atoms with Crippen molar-refractivity contribution in [2.45, 2.75) is 70.4 Å². The molecule has 0 radical (unpaired) electrons. The number of aliphatic hydroxyl groups is 1. The molecule has 1 aromatic carbocycles. The van der Waals surface area contributed by atoms with Crippen molar-refractivity contribution in [1.82, 2.24) is 14.6 Å². The molecule has 0 amide bonds. The van der Waals surface area contributed by atoms with E-state index in [4.69, 9.17) is 24.3 Å². The maximum absolute atomic E-state index is 15.2. The van der Waals surface area contributed by atoms with Gasteiger partial charge in [-0.15, -0.1) is 0 Å². The molecular weight excluding hydrogens is 529 g/mol. The Hall–Kier alpha value is -2.90. The van der Waals surface area contributed by atoms with Gasteiger partial charge in [0.2, 0.25) is 0 Å². The van der Waals surface area contributed by atoms with Gasteiger partial charge in [-0.3, -0.25) is 13.9 Å². The molecule has 1 saturated heterocycles. The van der Waals surface area contributed by atoms with Crippen LogP contribution in [0, 0.1) is 5.82 Å². The molecule has 1 aromatic heterocycles. The first-order chi connectivity index (χ1) is 17.8. The minimum atomic E-state index is -4.39. The summed E-state index contributed by atoms with van der Waals surface area (Å²) < 4.78 is 65.4. The predicted molar refractivity (Wildman–Crippen MR) is 131 cm³/mol. The number of alkyl halides is 1. The molecule has 2 heterocycles. The number of hydrogen-bond acceptors (Lipinski definition) is 10. The molecule has 4 N–H and O–H groups in total. The summed E-state index contributed by atoms with van der Waals surface area (Å²) in [6.07, 6.45) is -5.80. The normalized spacial score (nSPS) is 25.6. The Bertz CT molecular complexity index is 1230. The molecule has 3 rings (SSSR count). The molecule has 15 heteroatoms. The van der Waals surface area contributed by atoms with Crippen LogP contribution in [-0.2, 0) is 23.4 Å². The van der Waals surface area contributed by atoms with Crippen molar-refractivity contribution in [1.29, 1.82) is 0 Å². The lowest BCUT2D eigenvalue weighted by Crippen LogP contribution is -2.46. The number of aromatic nitrogens is 2. The number of nitrogens with two attached hydrogens (primary N) is 1. The first-order valence-electron chi connectivity index (χ1n) is 11.8. The Labute approximate surface area is 217 Å². The van der Waals surface area contributed by atoms with Crippen LogP contribution in [0.25, 0.3) is 0 Å². The highest BCUT2D eigenvalue weighted by Gasteiger charge is 2.56. The largest absolute Gasteiger partial charge is 0.462 e. The number of aliphatic hydroxyl groups excluding tert-OH is 1. The number of ether oxygens (including phenoxy) is 2. The number of carbonyl (C=O) groups is 1. The van der Waals surface area contributed by atoms with Crippen molar-refractivity contribution in [2.24, 2.45) is 0 Å². The van der Waals surface area contributed by atoms with Gasteiger partial charge in [0.25, 0.3) is 0 Å². The molecule has 2 aromatic rings. The minimum Gasteiger partial charge on any atom is -0.462 e. The van der Waals surface area contributed by atoms with Gasteiger partial charge in [-0.05, 0) is 39.3 Å². The van der Waals surface area contributed by atoms with Gasteiger partial charge in [-0.1, -0.05) is 25.1 Å². The second-order valence-electron chi connectivity index (χ2n) is 8.99. The number of anilines is 1. The van der Waals surface area contributed by atoms with Gasteiger partial charge in [0, 0.05) is 0 Å². The van der Waals surface area contributed by atoms with Gasteiger partial charge in [0.15, 0.2) is 24.0 Å². The summed E-state index contributed by atoms with van der Waals surface area (Å²) in [6.45, 7) is 5.50. The number of nitrogen functional groups attached to an aromatic ring is 1. The SMILES string of the molecule is CC[C@]1(COP(=O)(N[C@@H](C)C(=O)OC(C)C)Oc2ccccc2)O[C@@H](n2cc(F)c(N)nc2=O)[C@@H](F)[C@@H]1O. The van der Waals surface area contributed by atoms with E-state index in [-0.39, 0.29) is 12.2 Å². The number of benzene rings is 1. The monoisotopic (exact) mass is 560 g/mol. The third kappa shape index (κ3) is 6.56. The number of para-hydroxylation sites is 1. The number of esters is 1. The highest BCUT2D eigenvalue weighted by molar-refractivity contribution is 7.52. The fourth-order valence-corrected chi connectivity index (χ4v) is 5.26. The zero-order valence-electron chi connectivity index (χ0n) is 21.2. The average Bonchev–Trinajstić information content (AvgIpc) is 3.11. The Morgan fingerprint density at radius 2 is 2.00 bits per heavy atom. The van der Waals surface area contributed by atoms with Crippen molar-refractivity contribution in [3.63, 3.8) is 0 Å². The van der Waals surface area contributed by atoms with E-state index in [9.17, 15) is 23.7 Å². The maximum atomic E-state index is 15.2. The molecule has 1 fully saturated rings. The van der Waals surface area contributed by atoms with E-state index in [0.717, 1.165) is 0 Å². The summed E-state index contributed by atoms with van der Waals surface area (Å²) >= 11 is 0. The number of nitrogens with zero attached hydrogens (tertiary/aromatic N) is 2. The second kappa shape index (κ2) is 11.9.